The maximum atomic E-state index is 12.6. The van der Waals surface area contributed by atoms with E-state index in [4.69, 9.17) is 4.74 Å². The van der Waals surface area contributed by atoms with Crippen molar-refractivity contribution in [3.05, 3.63) is 42.5 Å². The molecule has 0 fully saturated rings. The molecule has 0 saturated heterocycles. The standard InChI is InChI=1S/C14H17N5O2/c1-21-10-11-7-18-5-4-17-13(18)9-19(8-11)14(20)12-6-15-2-3-16-12/h2-6,11H,7-10H2,1H3/t11-/m0/s1. The highest BCUT2D eigenvalue weighted by Gasteiger charge is 2.26. The SMILES string of the molecule is COC[C@@H]1CN(C(=O)c2cnccn2)Cc2nccn2C1. The molecule has 2 aromatic rings. The molecule has 1 aliphatic rings. The van der Waals surface area contributed by atoms with Crippen molar-refractivity contribution in [1.82, 2.24) is 24.4 Å². The Labute approximate surface area is 122 Å². The van der Waals surface area contributed by atoms with Crippen LogP contribution >= 0.6 is 0 Å². The molecule has 2 aromatic heterocycles. The minimum absolute atomic E-state index is 0.124. The molecular weight excluding hydrogens is 270 g/mol. The molecule has 7 nitrogen and oxygen atoms in total. The fourth-order valence-corrected chi connectivity index (χ4v) is 2.61. The number of ether oxygens (including phenoxy) is 1. The predicted molar refractivity (Wildman–Crippen MR) is 74.4 cm³/mol. The zero-order valence-corrected chi connectivity index (χ0v) is 11.8. The summed E-state index contributed by atoms with van der Waals surface area (Å²) in [5.74, 6) is 0.984. The van der Waals surface area contributed by atoms with Crippen LogP contribution in [0.15, 0.2) is 31.0 Å². The molecule has 0 N–H and O–H groups in total. The van der Waals surface area contributed by atoms with E-state index in [-0.39, 0.29) is 11.8 Å². The highest BCUT2D eigenvalue weighted by Crippen LogP contribution is 2.17. The third-order valence-corrected chi connectivity index (χ3v) is 3.54. The van der Waals surface area contributed by atoms with Crippen molar-refractivity contribution < 1.29 is 9.53 Å². The molecule has 7 heteroatoms. The maximum Gasteiger partial charge on any atom is 0.274 e. The van der Waals surface area contributed by atoms with Gasteiger partial charge < -0.3 is 14.2 Å². The molecule has 0 radical (unpaired) electrons. The van der Waals surface area contributed by atoms with Crippen LogP contribution < -0.4 is 0 Å². The Balaban J connectivity index is 1.86. The second-order valence-electron chi connectivity index (χ2n) is 5.09. The van der Waals surface area contributed by atoms with Crippen molar-refractivity contribution in [2.75, 3.05) is 20.3 Å². The minimum Gasteiger partial charge on any atom is -0.384 e. The molecule has 0 aliphatic carbocycles. The van der Waals surface area contributed by atoms with Crippen LogP contribution in [0.1, 0.15) is 16.3 Å². The van der Waals surface area contributed by atoms with E-state index in [0.717, 1.165) is 12.4 Å². The van der Waals surface area contributed by atoms with E-state index in [9.17, 15) is 4.79 Å². The summed E-state index contributed by atoms with van der Waals surface area (Å²) in [7, 11) is 1.68. The highest BCUT2D eigenvalue weighted by molar-refractivity contribution is 5.91. The van der Waals surface area contributed by atoms with Crippen LogP contribution in [0.5, 0.6) is 0 Å². The fourth-order valence-electron chi connectivity index (χ4n) is 2.61. The zero-order chi connectivity index (χ0) is 14.7. The van der Waals surface area contributed by atoms with E-state index in [0.29, 0.717) is 25.4 Å². The normalized spacial score (nSPS) is 18.1. The lowest BCUT2D eigenvalue weighted by Crippen LogP contribution is -2.35. The number of aromatic nitrogens is 4. The van der Waals surface area contributed by atoms with Crippen molar-refractivity contribution in [3.8, 4) is 0 Å². The average Bonchev–Trinajstić information content (AvgIpc) is 2.86. The number of hydrogen-bond donors (Lipinski definition) is 0. The second-order valence-corrected chi connectivity index (χ2v) is 5.09. The van der Waals surface area contributed by atoms with Gasteiger partial charge in [0.1, 0.15) is 11.5 Å². The van der Waals surface area contributed by atoms with Crippen molar-refractivity contribution >= 4 is 5.91 Å². The first-order valence-corrected chi connectivity index (χ1v) is 6.82. The van der Waals surface area contributed by atoms with Crippen LogP contribution in [-0.2, 0) is 17.8 Å². The van der Waals surface area contributed by atoms with E-state index >= 15 is 0 Å². The monoisotopic (exact) mass is 287 g/mol. The van der Waals surface area contributed by atoms with Gasteiger partial charge in [-0.2, -0.15) is 0 Å². The molecule has 0 spiro atoms. The van der Waals surface area contributed by atoms with Gasteiger partial charge in [-0.1, -0.05) is 0 Å². The smallest absolute Gasteiger partial charge is 0.274 e. The molecule has 1 amide bonds. The van der Waals surface area contributed by atoms with E-state index in [1.165, 1.54) is 12.4 Å². The molecule has 0 aromatic carbocycles. The zero-order valence-electron chi connectivity index (χ0n) is 11.8. The Hall–Kier alpha value is -2.28. The van der Waals surface area contributed by atoms with Crippen LogP contribution in [0.2, 0.25) is 0 Å². The number of fused-ring (bicyclic) bond motifs is 1. The summed E-state index contributed by atoms with van der Waals surface area (Å²) in [4.78, 5) is 26.7. The molecule has 21 heavy (non-hydrogen) atoms. The fraction of sp³-hybridized carbons (Fsp3) is 0.429. The summed E-state index contributed by atoms with van der Waals surface area (Å²) < 4.78 is 7.34. The number of imidazole rings is 1. The molecule has 3 rings (SSSR count). The van der Waals surface area contributed by atoms with E-state index < -0.39 is 0 Å². The molecule has 0 unspecified atom stereocenters. The third kappa shape index (κ3) is 2.92. The summed E-state index contributed by atoms with van der Waals surface area (Å²) in [5, 5.41) is 0. The van der Waals surface area contributed by atoms with Crippen LogP contribution in [0.4, 0.5) is 0 Å². The van der Waals surface area contributed by atoms with Crippen LogP contribution in [0, 0.1) is 5.92 Å². The van der Waals surface area contributed by atoms with Crippen LogP contribution in [-0.4, -0.2) is 50.6 Å². The molecule has 1 atom stereocenters. The minimum atomic E-state index is -0.124. The first-order chi connectivity index (χ1) is 10.3. The Morgan fingerprint density at radius 1 is 1.33 bits per heavy atom. The van der Waals surface area contributed by atoms with Gasteiger partial charge in [0.2, 0.25) is 0 Å². The number of carbonyl (C=O) groups excluding carboxylic acids is 1. The van der Waals surface area contributed by atoms with E-state index in [1.807, 2.05) is 6.20 Å². The van der Waals surface area contributed by atoms with Crippen molar-refractivity contribution in [3.63, 3.8) is 0 Å². The van der Waals surface area contributed by atoms with Gasteiger partial charge in [0.25, 0.3) is 5.91 Å². The van der Waals surface area contributed by atoms with E-state index in [2.05, 4.69) is 19.5 Å². The van der Waals surface area contributed by atoms with Crippen molar-refractivity contribution in [2.24, 2.45) is 5.92 Å². The Bertz CT molecular complexity index is 613. The molecule has 0 bridgehead atoms. The lowest BCUT2D eigenvalue weighted by atomic mass is 10.1. The van der Waals surface area contributed by atoms with Gasteiger partial charge in [-0.25, -0.2) is 9.97 Å². The number of amides is 1. The average molecular weight is 287 g/mol. The Morgan fingerprint density at radius 2 is 2.24 bits per heavy atom. The van der Waals surface area contributed by atoms with Crippen molar-refractivity contribution in [1.29, 1.82) is 0 Å². The van der Waals surface area contributed by atoms with Gasteiger partial charge in [-0.15, -0.1) is 0 Å². The lowest BCUT2D eigenvalue weighted by Gasteiger charge is -2.23. The highest BCUT2D eigenvalue weighted by atomic mass is 16.5. The topological polar surface area (TPSA) is 73.1 Å². The Morgan fingerprint density at radius 3 is 3.00 bits per heavy atom. The second kappa shape index (κ2) is 6.01. The quantitative estimate of drug-likeness (QED) is 0.826. The Kier molecular flexibility index (Phi) is 3.92. The molecule has 3 heterocycles. The third-order valence-electron chi connectivity index (χ3n) is 3.54. The molecule has 1 aliphatic heterocycles. The van der Waals surface area contributed by atoms with Gasteiger partial charge in [0.15, 0.2) is 0 Å². The number of carbonyl (C=O) groups is 1. The molecular formula is C14H17N5O2. The van der Waals surface area contributed by atoms with Gasteiger partial charge in [0.05, 0.1) is 19.3 Å². The first-order valence-electron chi connectivity index (χ1n) is 6.82. The van der Waals surface area contributed by atoms with Gasteiger partial charge in [-0.05, 0) is 0 Å². The number of rotatable bonds is 3. The molecule has 0 saturated carbocycles. The van der Waals surface area contributed by atoms with Crippen molar-refractivity contribution in [2.45, 2.75) is 13.1 Å². The first kappa shape index (κ1) is 13.7. The van der Waals surface area contributed by atoms with Gasteiger partial charge in [0, 0.05) is 50.9 Å². The van der Waals surface area contributed by atoms with Crippen LogP contribution in [0.3, 0.4) is 0 Å². The summed E-state index contributed by atoms with van der Waals surface area (Å²) >= 11 is 0. The van der Waals surface area contributed by atoms with Gasteiger partial charge in [-0.3, -0.25) is 9.78 Å². The predicted octanol–water partition coefficient (Wildman–Crippen LogP) is 0.592. The maximum absolute atomic E-state index is 12.6. The molecule has 110 valence electrons. The lowest BCUT2D eigenvalue weighted by molar-refractivity contribution is 0.0660. The number of nitrogens with zero attached hydrogens (tertiary/aromatic N) is 5. The largest absolute Gasteiger partial charge is 0.384 e. The van der Waals surface area contributed by atoms with Gasteiger partial charge >= 0.3 is 0 Å². The summed E-state index contributed by atoms with van der Waals surface area (Å²) in [6.45, 7) is 2.49. The summed E-state index contributed by atoms with van der Waals surface area (Å²) in [6.07, 6.45) is 8.27. The number of methoxy groups -OCH3 is 1. The summed E-state index contributed by atoms with van der Waals surface area (Å²) in [6, 6.07) is 0. The van der Waals surface area contributed by atoms with E-state index in [1.54, 1.807) is 24.4 Å². The van der Waals surface area contributed by atoms with Crippen LogP contribution in [0.25, 0.3) is 0 Å². The number of hydrogen-bond acceptors (Lipinski definition) is 5. The summed E-state index contributed by atoms with van der Waals surface area (Å²) in [5.41, 5.74) is 0.355.